The summed E-state index contributed by atoms with van der Waals surface area (Å²) < 4.78 is 5.34. The van der Waals surface area contributed by atoms with Crippen LogP contribution in [0.3, 0.4) is 0 Å². The van der Waals surface area contributed by atoms with Gasteiger partial charge in [-0.3, -0.25) is 9.89 Å². The second kappa shape index (κ2) is 3.62. The number of nitrogens with zero attached hydrogens (tertiary/aromatic N) is 3. The molecular weight excluding hydrogens is 196 g/mol. The van der Waals surface area contributed by atoms with Gasteiger partial charge in [-0.15, -0.1) is 0 Å². The van der Waals surface area contributed by atoms with Gasteiger partial charge in [-0.05, 0) is 13.8 Å². The lowest BCUT2D eigenvalue weighted by Gasteiger charge is -2.41. The number of nitrogens with one attached hydrogen (secondary N) is 1. The van der Waals surface area contributed by atoms with E-state index in [1.807, 2.05) is 13.8 Å². The quantitative estimate of drug-likeness (QED) is 0.711. The van der Waals surface area contributed by atoms with Gasteiger partial charge in [0.2, 0.25) is 5.82 Å². The Kier molecular flexibility index (Phi) is 2.44. The van der Waals surface area contributed by atoms with E-state index in [0.717, 1.165) is 0 Å². The average molecular weight is 210 g/mol. The summed E-state index contributed by atoms with van der Waals surface area (Å²) in [6.45, 7) is 5.66. The van der Waals surface area contributed by atoms with Crippen molar-refractivity contribution in [1.82, 2.24) is 20.1 Å². The van der Waals surface area contributed by atoms with Gasteiger partial charge < -0.3 is 9.64 Å². The average Bonchev–Trinajstić information content (AvgIpc) is 2.69. The van der Waals surface area contributed by atoms with Crippen LogP contribution >= 0.6 is 0 Å². The summed E-state index contributed by atoms with van der Waals surface area (Å²) in [6.07, 6.45) is 1.33. The molecular formula is C9H14N4O2. The van der Waals surface area contributed by atoms with E-state index in [1.165, 1.54) is 6.33 Å². The third-order valence-corrected chi connectivity index (χ3v) is 2.51. The summed E-state index contributed by atoms with van der Waals surface area (Å²) in [6, 6.07) is 0. The first-order valence-corrected chi connectivity index (χ1v) is 4.86. The molecule has 1 aromatic heterocycles. The number of aromatic amines is 1. The lowest BCUT2D eigenvalue weighted by Crippen LogP contribution is -2.55. The highest BCUT2D eigenvalue weighted by Crippen LogP contribution is 2.20. The summed E-state index contributed by atoms with van der Waals surface area (Å²) in [5.41, 5.74) is -0.290. The molecule has 1 aliphatic rings. The molecule has 0 atom stereocenters. The van der Waals surface area contributed by atoms with Crippen LogP contribution in [-0.4, -0.2) is 51.3 Å². The largest absolute Gasteiger partial charge is 0.377 e. The standard InChI is InChI=1S/C9H14N4O2/c1-9(2)5-15-4-3-13(9)8(14)7-10-6-11-12-7/h6H,3-5H2,1-2H3,(H,10,11,12). The normalized spacial score (nSPS) is 20.3. The van der Waals surface area contributed by atoms with Gasteiger partial charge in [0, 0.05) is 6.54 Å². The number of carbonyl (C=O) groups is 1. The molecule has 1 aromatic rings. The second-order valence-electron chi connectivity index (χ2n) is 4.16. The number of H-pyrrole nitrogens is 1. The molecule has 0 aliphatic carbocycles. The third-order valence-electron chi connectivity index (χ3n) is 2.51. The fraction of sp³-hybridized carbons (Fsp3) is 0.667. The van der Waals surface area contributed by atoms with Gasteiger partial charge in [0.05, 0.1) is 18.8 Å². The van der Waals surface area contributed by atoms with Gasteiger partial charge in [0.1, 0.15) is 6.33 Å². The van der Waals surface area contributed by atoms with E-state index in [0.29, 0.717) is 19.8 Å². The topological polar surface area (TPSA) is 71.1 Å². The number of morpholine rings is 1. The molecule has 1 amide bonds. The molecule has 1 fully saturated rings. The van der Waals surface area contributed by atoms with Gasteiger partial charge in [0.15, 0.2) is 0 Å². The lowest BCUT2D eigenvalue weighted by atomic mass is 10.0. The summed E-state index contributed by atoms with van der Waals surface area (Å²) in [5.74, 6) is 0.158. The number of rotatable bonds is 1. The van der Waals surface area contributed by atoms with Crippen LogP contribution < -0.4 is 0 Å². The summed E-state index contributed by atoms with van der Waals surface area (Å²) >= 11 is 0. The van der Waals surface area contributed by atoms with Gasteiger partial charge in [-0.1, -0.05) is 0 Å². The van der Waals surface area contributed by atoms with E-state index >= 15 is 0 Å². The fourth-order valence-electron chi connectivity index (χ4n) is 1.67. The molecule has 0 unspecified atom stereocenters. The van der Waals surface area contributed by atoms with E-state index < -0.39 is 0 Å². The third kappa shape index (κ3) is 1.85. The van der Waals surface area contributed by atoms with Crippen molar-refractivity contribution >= 4 is 5.91 Å². The van der Waals surface area contributed by atoms with Crippen LogP contribution in [0.1, 0.15) is 24.5 Å². The zero-order chi connectivity index (χ0) is 10.9. The first kappa shape index (κ1) is 10.1. The zero-order valence-corrected chi connectivity index (χ0v) is 8.86. The molecule has 82 valence electrons. The molecule has 0 aromatic carbocycles. The molecule has 0 bridgehead atoms. The van der Waals surface area contributed by atoms with Crippen LogP contribution in [0.4, 0.5) is 0 Å². The Balaban J connectivity index is 2.19. The van der Waals surface area contributed by atoms with Crippen molar-refractivity contribution < 1.29 is 9.53 Å². The number of hydrogen-bond acceptors (Lipinski definition) is 4. The van der Waals surface area contributed by atoms with Crippen LogP contribution in [0.2, 0.25) is 0 Å². The van der Waals surface area contributed by atoms with Crippen molar-refractivity contribution in [1.29, 1.82) is 0 Å². The van der Waals surface area contributed by atoms with Crippen molar-refractivity contribution in [2.45, 2.75) is 19.4 Å². The van der Waals surface area contributed by atoms with Crippen molar-refractivity contribution in [3.8, 4) is 0 Å². The fourth-order valence-corrected chi connectivity index (χ4v) is 1.67. The first-order valence-electron chi connectivity index (χ1n) is 4.86. The van der Waals surface area contributed by atoms with E-state index in [9.17, 15) is 4.79 Å². The maximum atomic E-state index is 12.0. The van der Waals surface area contributed by atoms with Crippen molar-refractivity contribution in [2.24, 2.45) is 0 Å². The number of hydrogen-bond donors (Lipinski definition) is 1. The highest BCUT2D eigenvalue weighted by Gasteiger charge is 2.35. The maximum Gasteiger partial charge on any atom is 0.291 e. The molecule has 15 heavy (non-hydrogen) atoms. The SMILES string of the molecule is CC1(C)COCCN1C(=O)c1ncn[nH]1. The molecule has 2 heterocycles. The van der Waals surface area contributed by atoms with Crippen molar-refractivity contribution in [3.63, 3.8) is 0 Å². The van der Waals surface area contributed by atoms with E-state index in [2.05, 4.69) is 15.2 Å². The van der Waals surface area contributed by atoms with Gasteiger partial charge in [-0.2, -0.15) is 5.10 Å². The Labute approximate surface area is 87.6 Å². The Morgan fingerprint density at radius 2 is 2.47 bits per heavy atom. The molecule has 1 N–H and O–H groups in total. The van der Waals surface area contributed by atoms with Crippen molar-refractivity contribution in [3.05, 3.63) is 12.2 Å². The van der Waals surface area contributed by atoms with Gasteiger partial charge in [0.25, 0.3) is 5.91 Å². The molecule has 1 aliphatic heterocycles. The van der Waals surface area contributed by atoms with Crippen LogP contribution in [0.5, 0.6) is 0 Å². The van der Waals surface area contributed by atoms with Gasteiger partial charge >= 0.3 is 0 Å². The molecule has 6 nitrogen and oxygen atoms in total. The molecule has 0 radical (unpaired) electrons. The minimum atomic E-state index is -0.290. The monoisotopic (exact) mass is 210 g/mol. The van der Waals surface area contributed by atoms with E-state index in [-0.39, 0.29) is 17.3 Å². The number of ether oxygens (including phenoxy) is 1. The van der Waals surface area contributed by atoms with Crippen LogP contribution in [-0.2, 0) is 4.74 Å². The van der Waals surface area contributed by atoms with Gasteiger partial charge in [-0.25, -0.2) is 4.98 Å². The molecule has 0 spiro atoms. The minimum absolute atomic E-state index is 0.124. The van der Waals surface area contributed by atoms with Crippen LogP contribution in [0.15, 0.2) is 6.33 Å². The summed E-state index contributed by atoms with van der Waals surface area (Å²) in [7, 11) is 0. The van der Waals surface area contributed by atoms with Crippen LogP contribution in [0, 0.1) is 0 Å². The van der Waals surface area contributed by atoms with E-state index in [4.69, 9.17) is 4.74 Å². The molecule has 0 saturated carbocycles. The molecule has 2 rings (SSSR count). The lowest BCUT2D eigenvalue weighted by molar-refractivity contribution is -0.0375. The Morgan fingerprint density at radius 3 is 3.07 bits per heavy atom. The second-order valence-corrected chi connectivity index (χ2v) is 4.16. The predicted molar refractivity (Wildman–Crippen MR) is 52.3 cm³/mol. The Bertz CT molecular complexity index is 347. The van der Waals surface area contributed by atoms with Crippen LogP contribution in [0.25, 0.3) is 0 Å². The summed E-state index contributed by atoms with van der Waals surface area (Å²) in [5, 5.41) is 6.25. The minimum Gasteiger partial charge on any atom is -0.377 e. The van der Waals surface area contributed by atoms with E-state index in [1.54, 1.807) is 4.90 Å². The first-order chi connectivity index (χ1) is 7.11. The Hall–Kier alpha value is -1.43. The number of amides is 1. The van der Waals surface area contributed by atoms with Crippen molar-refractivity contribution in [2.75, 3.05) is 19.8 Å². The predicted octanol–water partition coefficient (Wildman–Crippen LogP) is 0.0557. The molecule has 6 heteroatoms. The zero-order valence-electron chi connectivity index (χ0n) is 8.86. The smallest absolute Gasteiger partial charge is 0.291 e. The maximum absolute atomic E-state index is 12.0. The summed E-state index contributed by atoms with van der Waals surface area (Å²) in [4.78, 5) is 17.6. The number of aromatic nitrogens is 3. The molecule has 1 saturated heterocycles. The Morgan fingerprint density at radius 1 is 1.67 bits per heavy atom. The number of carbonyl (C=O) groups excluding carboxylic acids is 1. The highest BCUT2D eigenvalue weighted by molar-refractivity contribution is 5.90. The highest BCUT2D eigenvalue weighted by atomic mass is 16.5.